The van der Waals surface area contributed by atoms with Crippen LogP contribution in [0.5, 0.6) is 0 Å². The van der Waals surface area contributed by atoms with Gasteiger partial charge in [-0.25, -0.2) is 0 Å². The maximum Gasteiger partial charge on any atom is 0.0585 e. The van der Waals surface area contributed by atoms with Gasteiger partial charge in [-0.15, -0.1) is 0 Å². The van der Waals surface area contributed by atoms with Crippen molar-refractivity contribution in [2.45, 2.75) is 58.9 Å². The van der Waals surface area contributed by atoms with Crippen molar-refractivity contribution < 1.29 is 0 Å². The van der Waals surface area contributed by atoms with Gasteiger partial charge in [-0.05, 0) is 79.5 Å². The third-order valence-electron chi connectivity index (χ3n) is 7.67. The van der Waals surface area contributed by atoms with Gasteiger partial charge >= 0.3 is 0 Å². The Labute approximate surface area is 242 Å². The van der Waals surface area contributed by atoms with E-state index in [9.17, 15) is 0 Å². The van der Waals surface area contributed by atoms with Crippen molar-refractivity contribution in [1.29, 1.82) is 0 Å². The fourth-order valence-electron chi connectivity index (χ4n) is 5.15. The van der Waals surface area contributed by atoms with Gasteiger partial charge in [0.2, 0.25) is 0 Å². The van der Waals surface area contributed by atoms with E-state index in [1.807, 2.05) is 6.08 Å². The topological polar surface area (TPSA) is 29.3 Å². The second kappa shape index (κ2) is 14.4. The van der Waals surface area contributed by atoms with Crippen LogP contribution < -0.4 is 10.6 Å². The third kappa shape index (κ3) is 7.76. The van der Waals surface area contributed by atoms with Crippen LogP contribution in [-0.2, 0) is 0 Å². The van der Waals surface area contributed by atoms with Gasteiger partial charge in [0, 0.05) is 23.5 Å². The summed E-state index contributed by atoms with van der Waals surface area (Å²) in [5, 5.41) is 0. The summed E-state index contributed by atoms with van der Waals surface area (Å²) >= 11 is 0. The first-order valence-corrected chi connectivity index (χ1v) is 14.6. The van der Waals surface area contributed by atoms with Crippen LogP contribution in [0.4, 0.5) is 5.69 Å². The minimum absolute atomic E-state index is 0.191. The van der Waals surface area contributed by atoms with Crippen LogP contribution in [0.25, 0.3) is 5.57 Å². The molecule has 0 fully saturated rings. The Morgan fingerprint density at radius 2 is 1.68 bits per heavy atom. The van der Waals surface area contributed by atoms with Crippen molar-refractivity contribution in [2.75, 3.05) is 4.90 Å². The summed E-state index contributed by atoms with van der Waals surface area (Å²) in [6.45, 7) is 8.87. The first kappa shape index (κ1) is 29.0. The number of benzene rings is 2. The van der Waals surface area contributed by atoms with E-state index in [0.29, 0.717) is 5.92 Å². The molecule has 0 aliphatic heterocycles. The molecular weight excluding hydrogens is 484 g/mol. The molecule has 2 aliphatic rings. The van der Waals surface area contributed by atoms with E-state index in [2.05, 4.69) is 154 Å². The average molecular weight is 529 g/mol. The average Bonchev–Trinajstić information content (AvgIpc) is 3.20. The summed E-state index contributed by atoms with van der Waals surface area (Å²) in [7, 11) is 0. The number of hydrogen-bond donors (Lipinski definition) is 1. The molecule has 3 unspecified atom stereocenters. The zero-order chi connectivity index (χ0) is 28.3. The second-order valence-electron chi connectivity index (χ2n) is 10.8. The van der Waals surface area contributed by atoms with Crippen molar-refractivity contribution in [1.82, 2.24) is 0 Å². The highest BCUT2D eigenvalue weighted by Crippen LogP contribution is 2.30. The fraction of sp³-hybridized carbons (Fsp3) is 0.263. The van der Waals surface area contributed by atoms with E-state index >= 15 is 0 Å². The van der Waals surface area contributed by atoms with Gasteiger partial charge in [0.1, 0.15) is 0 Å². The lowest BCUT2D eigenvalue weighted by molar-refractivity contribution is 0.601. The summed E-state index contributed by atoms with van der Waals surface area (Å²) in [4.78, 5) is 2.48. The van der Waals surface area contributed by atoms with E-state index in [1.54, 1.807) is 0 Å². The van der Waals surface area contributed by atoms with Gasteiger partial charge in [-0.2, -0.15) is 0 Å². The van der Waals surface area contributed by atoms with E-state index in [0.717, 1.165) is 25.0 Å². The summed E-state index contributed by atoms with van der Waals surface area (Å²) in [5.74, 6) is 0.632. The zero-order valence-corrected chi connectivity index (χ0v) is 24.5. The Kier molecular flexibility index (Phi) is 10.4. The van der Waals surface area contributed by atoms with Crippen molar-refractivity contribution in [3.8, 4) is 0 Å². The number of anilines is 1. The molecule has 40 heavy (non-hydrogen) atoms. The van der Waals surface area contributed by atoms with Crippen molar-refractivity contribution in [3.63, 3.8) is 0 Å². The minimum Gasteiger partial charge on any atom is -0.402 e. The molecule has 206 valence electrons. The van der Waals surface area contributed by atoms with Gasteiger partial charge in [0.15, 0.2) is 0 Å². The molecule has 4 rings (SSSR count). The number of nitrogens with two attached hydrogens (primary N) is 1. The van der Waals surface area contributed by atoms with E-state index < -0.39 is 0 Å². The predicted molar refractivity (Wildman–Crippen MR) is 175 cm³/mol. The highest BCUT2D eigenvalue weighted by Gasteiger charge is 2.23. The Balaban J connectivity index is 1.61. The second-order valence-corrected chi connectivity index (χ2v) is 10.8. The van der Waals surface area contributed by atoms with Gasteiger partial charge < -0.3 is 10.6 Å². The number of nitrogens with zero attached hydrogens (tertiary/aromatic N) is 1. The quantitative estimate of drug-likeness (QED) is 0.286. The Morgan fingerprint density at radius 1 is 0.925 bits per heavy atom. The monoisotopic (exact) mass is 528 g/mol. The number of hydrogen-bond acceptors (Lipinski definition) is 2. The zero-order valence-electron chi connectivity index (χ0n) is 24.5. The summed E-state index contributed by atoms with van der Waals surface area (Å²) in [6, 6.07) is 18.0. The highest BCUT2D eigenvalue weighted by atomic mass is 15.2. The first-order chi connectivity index (χ1) is 19.5. The maximum atomic E-state index is 6.00. The van der Waals surface area contributed by atoms with E-state index in [1.165, 1.54) is 33.6 Å². The summed E-state index contributed by atoms with van der Waals surface area (Å²) in [6.07, 6.45) is 31.9. The molecule has 2 aromatic carbocycles. The highest BCUT2D eigenvalue weighted by molar-refractivity contribution is 5.76. The van der Waals surface area contributed by atoms with E-state index in [-0.39, 0.29) is 12.0 Å². The normalized spacial score (nSPS) is 23.1. The largest absolute Gasteiger partial charge is 0.402 e. The van der Waals surface area contributed by atoms with Crippen molar-refractivity contribution >= 4 is 11.3 Å². The molecule has 0 amide bonds. The lowest BCUT2D eigenvalue weighted by Gasteiger charge is -2.36. The van der Waals surface area contributed by atoms with Crippen LogP contribution >= 0.6 is 0 Å². The molecule has 2 aliphatic carbocycles. The molecule has 0 aromatic heterocycles. The Morgan fingerprint density at radius 3 is 2.42 bits per heavy atom. The molecule has 3 atom stereocenters. The van der Waals surface area contributed by atoms with Crippen LogP contribution in [0, 0.1) is 12.8 Å². The molecule has 0 heterocycles. The summed E-state index contributed by atoms with van der Waals surface area (Å²) in [5.41, 5.74) is 14.3. The van der Waals surface area contributed by atoms with E-state index in [4.69, 9.17) is 5.73 Å². The molecule has 0 radical (unpaired) electrons. The Hall–Kier alpha value is -4.04. The SMILES string of the molecule is C/C=C(\C=C/C(C)c1ccc(C2=CC=C(N)CC=C2)cc1)N(c1ccc(C)cc1)C1/C=C\C=C\CC/C=C\C1C. The molecule has 0 spiro atoms. The van der Waals surface area contributed by atoms with Crippen LogP contribution in [-0.4, -0.2) is 6.04 Å². The lowest BCUT2D eigenvalue weighted by Crippen LogP contribution is -2.37. The molecular formula is C38H44N2. The molecule has 0 bridgehead atoms. The molecule has 2 nitrogen and oxygen atoms in total. The van der Waals surface area contributed by atoms with Crippen LogP contribution in [0.3, 0.4) is 0 Å². The van der Waals surface area contributed by atoms with Crippen LogP contribution in [0.15, 0.2) is 139 Å². The van der Waals surface area contributed by atoms with Gasteiger partial charge in [-0.3, -0.25) is 0 Å². The Bertz CT molecular complexity index is 1360. The number of allylic oxidation sites excluding steroid dienone is 12. The first-order valence-electron chi connectivity index (χ1n) is 14.6. The molecule has 2 heteroatoms. The maximum absolute atomic E-state index is 6.00. The van der Waals surface area contributed by atoms with Crippen molar-refractivity contribution in [2.24, 2.45) is 11.7 Å². The summed E-state index contributed by atoms with van der Waals surface area (Å²) < 4.78 is 0. The van der Waals surface area contributed by atoms with Crippen LogP contribution in [0.2, 0.25) is 0 Å². The van der Waals surface area contributed by atoms with Crippen molar-refractivity contribution in [3.05, 3.63) is 156 Å². The van der Waals surface area contributed by atoms with Gasteiger partial charge in [0.05, 0.1) is 6.04 Å². The van der Waals surface area contributed by atoms with Gasteiger partial charge in [0.25, 0.3) is 0 Å². The van der Waals surface area contributed by atoms with Crippen LogP contribution in [0.1, 0.15) is 62.6 Å². The lowest BCUT2D eigenvalue weighted by atomic mass is 9.95. The smallest absolute Gasteiger partial charge is 0.0585 e. The van der Waals surface area contributed by atoms with Gasteiger partial charge in [-0.1, -0.05) is 123 Å². The number of aryl methyl sites for hydroxylation is 1. The predicted octanol–water partition coefficient (Wildman–Crippen LogP) is 9.72. The fourth-order valence-corrected chi connectivity index (χ4v) is 5.15. The number of rotatable bonds is 7. The minimum atomic E-state index is 0.191. The molecule has 0 saturated carbocycles. The molecule has 0 saturated heterocycles. The molecule has 2 N–H and O–H groups in total. The standard InChI is InChI=1S/C38H44N2/c1-5-36(28-19-30(3)32-20-22-34(23-21-32)33-14-12-15-35(39)25-24-33)40(37-26-17-29(2)18-27-37)38-16-11-9-7-6-8-10-13-31(38)4/h5,7,9-14,16-28,30-31,38H,6,8,15,39H2,1-4H3/b9-7+,13-10-,16-11-,28-19-,36-5+. The third-order valence-corrected chi connectivity index (χ3v) is 7.67. The molecule has 2 aromatic rings.